The van der Waals surface area contributed by atoms with Gasteiger partial charge in [-0.05, 0) is 53.1 Å². The largest absolute Gasteiger partial charge is 0.375 e. The second-order valence-electron chi connectivity index (χ2n) is 4.31. The van der Waals surface area contributed by atoms with Crippen molar-refractivity contribution in [2.75, 3.05) is 19.7 Å². The molecule has 2 aromatic rings. The van der Waals surface area contributed by atoms with Crippen LogP contribution in [-0.2, 0) is 17.8 Å². The van der Waals surface area contributed by atoms with E-state index in [1.807, 2.05) is 12.1 Å². The number of nitrogens with one attached hydrogen (secondary N) is 1. The molecule has 0 saturated carbocycles. The average Bonchev–Trinajstić information content (AvgIpc) is 2.91. The van der Waals surface area contributed by atoms with Crippen molar-refractivity contribution in [2.24, 2.45) is 0 Å². The van der Waals surface area contributed by atoms with Gasteiger partial charge in [0.1, 0.15) is 0 Å². The molecule has 2 nitrogen and oxygen atoms in total. The lowest BCUT2D eigenvalue weighted by atomic mass is 10.2. The summed E-state index contributed by atoms with van der Waals surface area (Å²) in [5.41, 5.74) is 2.61. The fourth-order valence-electron chi connectivity index (χ4n) is 1.75. The molecule has 0 bridgehead atoms. The maximum Gasteiger partial charge on any atom is 0.0717 e. The number of hydrogen-bond donors (Lipinski definition) is 1. The summed E-state index contributed by atoms with van der Waals surface area (Å²) in [6.45, 7) is 3.33. The molecule has 1 aromatic heterocycles. The number of rotatable bonds is 8. The topological polar surface area (TPSA) is 21.3 Å². The summed E-state index contributed by atoms with van der Waals surface area (Å²) >= 11 is 5.21. The van der Waals surface area contributed by atoms with E-state index in [2.05, 4.69) is 50.2 Å². The molecule has 1 N–H and O–H groups in total. The highest BCUT2D eigenvalue weighted by atomic mass is 79.9. The van der Waals surface area contributed by atoms with Crippen molar-refractivity contribution in [1.29, 1.82) is 0 Å². The first-order valence-electron chi connectivity index (χ1n) is 6.38. The molecule has 0 atom stereocenters. The van der Waals surface area contributed by atoms with E-state index in [0.717, 1.165) is 30.6 Å². The van der Waals surface area contributed by atoms with Crippen molar-refractivity contribution in [1.82, 2.24) is 5.32 Å². The second-order valence-corrected chi connectivity index (χ2v) is 6.01. The zero-order chi connectivity index (χ0) is 13.3. The molecule has 102 valence electrons. The van der Waals surface area contributed by atoms with Gasteiger partial charge >= 0.3 is 0 Å². The van der Waals surface area contributed by atoms with E-state index in [1.165, 1.54) is 11.1 Å². The summed E-state index contributed by atoms with van der Waals surface area (Å²) in [5, 5.41) is 7.71. The van der Waals surface area contributed by atoms with E-state index in [9.17, 15) is 0 Å². The second kappa shape index (κ2) is 8.48. The third-order valence-corrected chi connectivity index (χ3v) is 3.98. The first-order valence-corrected chi connectivity index (χ1v) is 8.12. The van der Waals surface area contributed by atoms with Crippen LogP contribution in [0.2, 0.25) is 0 Å². The van der Waals surface area contributed by atoms with Crippen LogP contribution in [-0.4, -0.2) is 19.7 Å². The van der Waals surface area contributed by atoms with Gasteiger partial charge in [0.05, 0.1) is 13.2 Å². The van der Waals surface area contributed by atoms with Gasteiger partial charge < -0.3 is 10.1 Å². The van der Waals surface area contributed by atoms with Crippen molar-refractivity contribution in [2.45, 2.75) is 13.0 Å². The number of halogens is 1. The fourth-order valence-corrected chi connectivity index (χ4v) is 2.90. The Morgan fingerprint density at radius 1 is 1.16 bits per heavy atom. The van der Waals surface area contributed by atoms with Crippen LogP contribution in [0.15, 0.2) is 45.6 Å². The van der Waals surface area contributed by atoms with Gasteiger partial charge in [-0.15, -0.1) is 0 Å². The SMILES string of the molecule is Brc1cccc(COCCNCCc2ccsc2)c1. The van der Waals surface area contributed by atoms with Gasteiger partial charge in [-0.1, -0.05) is 28.1 Å². The monoisotopic (exact) mass is 339 g/mol. The van der Waals surface area contributed by atoms with Crippen molar-refractivity contribution in [3.8, 4) is 0 Å². The van der Waals surface area contributed by atoms with E-state index in [0.29, 0.717) is 6.61 Å². The fraction of sp³-hybridized carbons (Fsp3) is 0.333. The number of benzene rings is 1. The lowest BCUT2D eigenvalue weighted by Gasteiger charge is -2.06. The zero-order valence-electron chi connectivity index (χ0n) is 10.8. The smallest absolute Gasteiger partial charge is 0.0717 e. The molecule has 2 rings (SSSR count). The van der Waals surface area contributed by atoms with Crippen molar-refractivity contribution in [3.63, 3.8) is 0 Å². The molecule has 0 spiro atoms. The molecular formula is C15H18BrNOS. The number of thiophene rings is 1. The van der Waals surface area contributed by atoms with Crippen molar-refractivity contribution in [3.05, 3.63) is 56.7 Å². The average molecular weight is 340 g/mol. The summed E-state index contributed by atoms with van der Waals surface area (Å²) in [6.07, 6.45) is 1.09. The highest BCUT2D eigenvalue weighted by Gasteiger charge is 1.95. The van der Waals surface area contributed by atoms with E-state index in [4.69, 9.17) is 4.74 Å². The molecule has 0 fully saturated rings. The molecule has 0 saturated heterocycles. The van der Waals surface area contributed by atoms with Gasteiger partial charge in [-0.2, -0.15) is 11.3 Å². The summed E-state index contributed by atoms with van der Waals surface area (Å²) < 4.78 is 6.73. The molecule has 0 amide bonds. The van der Waals surface area contributed by atoms with Gasteiger partial charge in [0, 0.05) is 11.0 Å². The Kier molecular flexibility index (Phi) is 6.57. The van der Waals surface area contributed by atoms with Gasteiger partial charge in [0.25, 0.3) is 0 Å². The highest BCUT2D eigenvalue weighted by molar-refractivity contribution is 9.10. The number of ether oxygens (including phenoxy) is 1. The molecule has 0 aliphatic carbocycles. The first-order chi connectivity index (χ1) is 9.34. The van der Waals surface area contributed by atoms with Crippen molar-refractivity contribution >= 4 is 27.3 Å². The van der Waals surface area contributed by atoms with E-state index < -0.39 is 0 Å². The Morgan fingerprint density at radius 2 is 2.11 bits per heavy atom. The summed E-state index contributed by atoms with van der Waals surface area (Å²) in [4.78, 5) is 0. The Balaban J connectivity index is 1.50. The number of hydrogen-bond acceptors (Lipinski definition) is 3. The minimum atomic E-state index is 0.672. The summed E-state index contributed by atoms with van der Waals surface area (Å²) in [7, 11) is 0. The maximum absolute atomic E-state index is 5.63. The maximum atomic E-state index is 5.63. The Hall–Kier alpha value is -0.680. The highest BCUT2D eigenvalue weighted by Crippen LogP contribution is 2.12. The minimum absolute atomic E-state index is 0.672. The summed E-state index contributed by atoms with van der Waals surface area (Å²) in [5.74, 6) is 0. The van der Waals surface area contributed by atoms with Gasteiger partial charge in [-0.3, -0.25) is 0 Å². The van der Waals surface area contributed by atoms with Crippen LogP contribution in [0.25, 0.3) is 0 Å². The van der Waals surface area contributed by atoms with Gasteiger partial charge in [0.2, 0.25) is 0 Å². The van der Waals surface area contributed by atoms with Gasteiger partial charge in [-0.25, -0.2) is 0 Å². The van der Waals surface area contributed by atoms with Crippen LogP contribution >= 0.6 is 27.3 Å². The van der Waals surface area contributed by atoms with Crippen LogP contribution in [0, 0.1) is 0 Å². The quantitative estimate of drug-likeness (QED) is 0.737. The molecule has 1 heterocycles. The predicted octanol–water partition coefficient (Wildman–Crippen LogP) is 3.86. The minimum Gasteiger partial charge on any atom is -0.375 e. The molecule has 1 aromatic carbocycles. The zero-order valence-corrected chi connectivity index (χ0v) is 13.2. The predicted molar refractivity (Wildman–Crippen MR) is 84.7 cm³/mol. The van der Waals surface area contributed by atoms with E-state index in [-0.39, 0.29) is 0 Å². The lowest BCUT2D eigenvalue weighted by Crippen LogP contribution is -2.22. The van der Waals surface area contributed by atoms with E-state index >= 15 is 0 Å². The third-order valence-electron chi connectivity index (χ3n) is 2.75. The third kappa shape index (κ3) is 5.87. The van der Waals surface area contributed by atoms with Gasteiger partial charge in [0.15, 0.2) is 0 Å². The molecule has 19 heavy (non-hydrogen) atoms. The van der Waals surface area contributed by atoms with Crippen LogP contribution in [0.1, 0.15) is 11.1 Å². The molecule has 4 heteroatoms. The molecule has 0 aliphatic heterocycles. The molecule has 0 aliphatic rings. The molecular weight excluding hydrogens is 322 g/mol. The molecule has 0 radical (unpaired) electrons. The Bertz CT molecular complexity index is 473. The van der Waals surface area contributed by atoms with Crippen LogP contribution < -0.4 is 5.32 Å². The standard InChI is InChI=1S/C15H18BrNOS/c16-15-3-1-2-14(10-15)11-18-8-7-17-6-4-13-5-9-19-12-13/h1-3,5,9-10,12,17H,4,6-8,11H2. The summed E-state index contributed by atoms with van der Waals surface area (Å²) in [6, 6.07) is 10.4. The van der Waals surface area contributed by atoms with Crippen LogP contribution in [0.5, 0.6) is 0 Å². The van der Waals surface area contributed by atoms with Crippen LogP contribution in [0.4, 0.5) is 0 Å². The Labute approximate surface area is 126 Å². The normalized spacial score (nSPS) is 10.8. The first kappa shape index (κ1) is 14.7. The van der Waals surface area contributed by atoms with Crippen molar-refractivity contribution < 1.29 is 4.74 Å². The lowest BCUT2D eigenvalue weighted by molar-refractivity contribution is 0.123. The van der Waals surface area contributed by atoms with Crippen LogP contribution in [0.3, 0.4) is 0 Å². The molecule has 0 unspecified atom stereocenters. The Morgan fingerprint density at radius 3 is 2.89 bits per heavy atom. The van der Waals surface area contributed by atoms with E-state index in [1.54, 1.807) is 11.3 Å².